The number of ether oxygens (including phenoxy) is 2. The first kappa shape index (κ1) is 17.4. The van der Waals surface area contributed by atoms with Crippen LogP contribution in [0.5, 0.6) is 11.5 Å². The van der Waals surface area contributed by atoms with Crippen LogP contribution in [0.25, 0.3) is 0 Å². The van der Waals surface area contributed by atoms with Crippen LogP contribution >= 0.6 is 0 Å². The average molecular weight is 351 g/mol. The van der Waals surface area contributed by atoms with E-state index in [1.165, 1.54) is 22.3 Å². The van der Waals surface area contributed by atoms with Gasteiger partial charge in [0.05, 0.1) is 12.6 Å². The van der Waals surface area contributed by atoms with E-state index in [0.29, 0.717) is 6.61 Å². The summed E-state index contributed by atoms with van der Waals surface area (Å²) in [6.45, 7) is 11.6. The van der Waals surface area contributed by atoms with Crippen molar-refractivity contribution >= 4 is 0 Å². The van der Waals surface area contributed by atoms with Crippen molar-refractivity contribution in [2.24, 2.45) is 0 Å². The molecule has 3 nitrogen and oxygen atoms in total. The highest BCUT2D eigenvalue weighted by atomic mass is 16.5. The molecule has 0 spiro atoms. The SMILES string of the molecule is CCOc1cc2c(c3c1OC(C)(C)C3)C(c1ccccc1)NC(C)(C)C2. The maximum absolute atomic E-state index is 6.33. The fraction of sp³-hybridized carbons (Fsp3) is 0.478. The highest BCUT2D eigenvalue weighted by molar-refractivity contribution is 5.61. The third kappa shape index (κ3) is 2.99. The molecule has 1 N–H and O–H groups in total. The largest absolute Gasteiger partial charge is 0.490 e. The number of fused-ring (bicyclic) bond motifs is 3. The lowest BCUT2D eigenvalue weighted by Gasteiger charge is -2.40. The molecule has 0 amide bonds. The van der Waals surface area contributed by atoms with Gasteiger partial charge in [0.15, 0.2) is 11.5 Å². The summed E-state index contributed by atoms with van der Waals surface area (Å²) in [5, 5.41) is 3.88. The van der Waals surface area contributed by atoms with Crippen molar-refractivity contribution in [2.75, 3.05) is 6.61 Å². The number of hydrogen-bond donors (Lipinski definition) is 1. The minimum Gasteiger partial charge on any atom is -0.490 e. The first-order valence-electron chi connectivity index (χ1n) is 9.63. The van der Waals surface area contributed by atoms with E-state index in [2.05, 4.69) is 69.4 Å². The van der Waals surface area contributed by atoms with Gasteiger partial charge in [-0.15, -0.1) is 0 Å². The van der Waals surface area contributed by atoms with E-state index in [0.717, 1.165) is 24.3 Å². The van der Waals surface area contributed by atoms with Crippen LogP contribution in [0.15, 0.2) is 36.4 Å². The summed E-state index contributed by atoms with van der Waals surface area (Å²) >= 11 is 0. The number of benzene rings is 2. The van der Waals surface area contributed by atoms with Gasteiger partial charge >= 0.3 is 0 Å². The van der Waals surface area contributed by atoms with Gasteiger partial charge in [-0.1, -0.05) is 30.3 Å². The number of nitrogens with one attached hydrogen (secondary N) is 1. The summed E-state index contributed by atoms with van der Waals surface area (Å²) in [6.07, 6.45) is 1.90. The Bertz CT molecular complexity index is 824. The van der Waals surface area contributed by atoms with E-state index < -0.39 is 0 Å². The van der Waals surface area contributed by atoms with Crippen molar-refractivity contribution in [3.05, 3.63) is 58.7 Å². The zero-order valence-corrected chi connectivity index (χ0v) is 16.5. The third-order valence-electron chi connectivity index (χ3n) is 5.34. The van der Waals surface area contributed by atoms with Gasteiger partial charge in [-0.2, -0.15) is 0 Å². The molecule has 2 aromatic rings. The van der Waals surface area contributed by atoms with Gasteiger partial charge < -0.3 is 14.8 Å². The van der Waals surface area contributed by atoms with Crippen LogP contribution in [0.3, 0.4) is 0 Å². The molecule has 2 aliphatic heterocycles. The molecule has 0 fully saturated rings. The van der Waals surface area contributed by atoms with Crippen molar-refractivity contribution in [3.8, 4) is 11.5 Å². The standard InChI is InChI=1S/C23H29NO2/c1-6-25-18-12-16-13-22(2,3)24-20(15-10-8-7-9-11-15)19(16)17-14-23(4,5)26-21(17)18/h7-12,20,24H,6,13-14H2,1-5H3. The summed E-state index contributed by atoms with van der Waals surface area (Å²) in [5.74, 6) is 1.84. The van der Waals surface area contributed by atoms with Crippen LogP contribution in [0.4, 0.5) is 0 Å². The molecule has 1 unspecified atom stereocenters. The molecular formula is C23H29NO2. The summed E-state index contributed by atoms with van der Waals surface area (Å²) in [7, 11) is 0. The predicted octanol–water partition coefficient (Wildman–Crippen LogP) is 4.81. The van der Waals surface area contributed by atoms with E-state index in [-0.39, 0.29) is 17.2 Å². The highest BCUT2D eigenvalue weighted by Gasteiger charge is 2.41. The molecule has 0 aromatic heterocycles. The average Bonchev–Trinajstić information content (AvgIpc) is 2.89. The quantitative estimate of drug-likeness (QED) is 0.860. The minimum absolute atomic E-state index is 0.0280. The summed E-state index contributed by atoms with van der Waals surface area (Å²) in [6, 6.07) is 13.1. The lowest BCUT2D eigenvalue weighted by Crippen LogP contribution is -2.48. The lowest BCUT2D eigenvalue weighted by molar-refractivity contribution is 0.132. The van der Waals surface area contributed by atoms with Gasteiger partial charge in [0.25, 0.3) is 0 Å². The van der Waals surface area contributed by atoms with Crippen LogP contribution in [-0.2, 0) is 12.8 Å². The van der Waals surface area contributed by atoms with Crippen LogP contribution in [0.2, 0.25) is 0 Å². The normalized spacial score (nSPS) is 22.3. The molecule has 2 heterocycles. The molecule has 1 atom stereocenters. The Morgan fingerprint density at radius 2 is 1.85 bits per heavy atom. The summed E-state index contributed by atoms with van der Waals surface area (Å²) < 4.78 is 12.3. The molecule has 0 radical (unpaired) electrons. The topological polar surface area (TPSA) is 30.5 Å². The smallest absolute Gasteiger partial charge is 0.165 e. The van der Waals surface area contributed by atoms with Gasteiger partial charge in [0, 0.05) is 17.5 Å². The van der Waals surface area contributed by atoms with E-state index in [1.54, 1.807) is 0 Å². The minimum atomic E-state index is -0.197. The Morgan fingerprint density at radius 1 is 1.12 bits per heavy atom. The molecule has 0 saturated carbocycles. The zero-order valence-electron chi connectivity index (χ0n) is 16.5. The van der Waals surface area contributed by atoms with Crippen LogP contribution in [0, 0.1) is 0 Å². The first-order chi connectivity index (χ1) is 12.3. The van der Waals surface area contributed by atoms with E-state index >= 15 is 0 Å². The Morgan fingerprint density at radius 3 is 2.54 bits per heavy atom. The fourth-order valence-electron chi connectivity index (χ4n) is 4.45. The Labute approximate surface area is 156 Å². The van der Waals surface area contributed by atoms with Gasteiger partial charge in [-0.05, 0) is 63.8 Å². The summed E-state index contributed by atoms with van der Waals surface area (Å²) in [5.41, 5.74) is 5.22. The van der Waals surface area contributed by atoms with Crippen molar-refractivity contribution in [2.45, 2.75) is 64.6 Å². The maximum Gasteiger partial charge on any atom is 0.165 e. The van der Waals surface area contributed by atoms with E-state index in [9.17, 15) is 0 Å². The van der Waals surface area contributed by atoms with Crippen LogP contribution in [-0.4, -0.2) is 17.7 Å². The second-order valence-corrected chi connectivity index (χ2v) is 8.78. The molecule has 2 aromatic carbocycles. The summed E-state index contributed by atoms with van der Waals surface area (Å²) in [4.78, 5) is 0. The van der Waals surface area contributed by atoms with Gasteiger partial charge in [-0.25, -0.2) is 0 Å². The Hall–Kier alpha value is -2.00. The molecule has 0 bridgehead atoms. The second kappa shape index (κ2) is 6.02. The van der Waals surface area contributed by atoms with Crippen LogP contribution in [0.1, 0.15) is 62.9 Å². The van der Waals surface area contributed by atoms with Gasteiger partial charge in [-0.3, -0.25) is 0 Å². The van der Waals surface area contributed by atoms with Crippen LogP contribution < -0.4 is 14.8 Å². The van der Waals surface area contributed by atoms with E-state index in [1.807, 2.05) is 6.92 Å². The maximum atomic E-state index is 6.33. The monoisotopic (exact) mass is 351 g/mol. The number of rotatable bonds is 3. The predicted molar refractivity (Wildman–Crippen MR) is 105 cm³/mol. The first-order valence-corrected chi connectivity index (χ1v) is 9.63. The fourth-order valence-corrected chi connectivity index (χ4v) is 4.45. The zero-order chi connectivity index (χ0) is 18.5. The Balaban J connectivity index is 1.93. The third-order valence-corrected chi connectivity index (χ3v) is 5.34. The molecule has 3 heteroatoms. The lowest BCUT2D eigenvalue weighted by atomic mass is 9.78. The molecule has 26 heavy (non-hydrogen) atoms. The molecular weight excluding hydrogens is 322 g/mol. The molecule has 2 aliphatic rings. The molecule has 4 rings (SSSR count). The van der Waals surface area contributed by atoms with Gasteiger partial charge in [0.1, 0.15) is 5.60 Å². The Kier molecular flexibility index (Phi) is 4.03. The molecule has 0 aliphatic carbocycles. The highest BCUT2D eigenvalue weighted by Crippen LogP contribution is 2.50. The van der Waals surface area contributed by atoms with Crippen molar-refractivity contribution in [3.63, 3.8) is 0 Å². The van der Waals surface area contributed by atoms with Crippen molar-refractivity contribution in [1.82, 2.24) is 5.32 Å². The number of hydrogen-bond acceptors (Lipinski definition) is 3. The van der Waals surface area contributed by atoms with Gasteiger partial charge in [0.2, 0.25) is 0 Å². The van der Waals surface area contributed by atoms with Crippen molar-refractivity contribution in [1.29, 1.82) is 0 Å². The molecule has 138 valence electrons. The molecule has 0 saturated heterocycles. The second-order valence-electron chi connectivity index (χ2n) is 8.78. The van der Waals surface area contributed by atoms with Crippen molar-refractivity contribution < 1.29 is 9.47 Å². The van der Waals surface area contributed by atoms with E-state index in [4.69, 9.17) is 9.47 Å².